The van der Waals surface area contributed by atoms with E-state index in [2.05, 4.69) is 15.6 Å². The van der Waals surface area contributed by atoms with Crippen molar-refractivity contribution in [2.75, 3.05) is 7.05 Å². The van der Waals surface area contributed by atoms with E-state index in [4.69, 9.17) is 0 Å². The lowest BCUT2D eigenvalue weighted by Gasteiger charge is -2.06. The quantitative estimate of drug-likeness (QED) is 0.780. The Labute approximate surface area is 106 Å². The first-order chi connectivity index (χ1) is 8.58. The van der Waals surface area contributed by atoms with Crippen LogP contribution in [0.2, 0.25) is 0 Å². The van der Waals surface area contributed by atoms with Crippen molar-refractivity contribution in [1.29, 1.82) is 0 Å². The van der Waals surface area contributed by atoms with Gasteiger partial charge in [-0.3, -0.25) is 14.6 Å². The van der Waals surface area contributed by atoms with Gasteiger partial charge in [-0.05, 0) is 31.5 Å². The molecule has 18 heavy (non-hydrogen) atoms. The molecule has 0 radical (unpaired) electrons. The monoisotopic (exact) mass is 247 g/mol. The van der Waals surface area contributed by atoms with Gasteiger partial charge >= 0.3 is 0 Å². The Hall–Kier alpha value is -2.17. The molecule has 2 N–H and O–H groups in total. The van der Waals surface area contributed by atoms with Gasteiger partial charge in [-0.15, -0.1) is 0 Å². The van der Waals surface area contributed by atoms with Crippen LogP contribution in [0.4, 0.5) is 0 Å². The summed E-state index contributed by atoms with van der Waals surface area (Å²) in [7, 11) is 1.55. The van der Waals surface area contributed by atoms with E-state index in [0.717, 1.165) is 5.56 Å². The van der Waals surface area contributed by atoms with E-state index in [1.54, 1.807) is 38.4 Å². The van der Waals surface area contributed by atoms with Gasteiger partial charge in [-0.2, -0.15) is 0 Å². The second kappa shape index (κ2) is 6.54. The molecule has 0 saturated heterocycles. The molecule has 1 heterocycles. The Morgan fingerprint density at radius 2 is 2.17 bits per heavy atom. The maximum Gasteiger partial charge on any atom is 0.269 e. The van der Waals surface area contributed by atoms with E-state index in [-0.39, 0.29) is 11.8 Å². The highest BCUT2D eigenvalue weighted by atomic mass is 16.2. The van der Waals surface area contributed by atoms with Gasteiger partial charge in [0.1, 0.15) is 5.69 Å². The van der Waals surface area contributed by atoms with Crippen LogP contribution in [0.25, 0.3) is 0 Å². The van der Waals surface area contributed by atoms with E-state index in [0.29, 0.717) is 17.8 Å². The molecule has 5 nitrogen and oxygen atoms in total. The van der Waals surface area contributed by atoms with Crippen LogP contribution in [0.3, 0.4) is 0 Å². The number of allylic oxidation sites excluding steroid dienone is 1. The number of rotatable bonds is 4. The summed E-state index contributed by atoms with van der Waals surface area (Å²) in [4.78, 5) is 26.9. The third-order valence-electron chi connectivity index (χ3n) is 2.53. The van der Waals surface area contributed by atoms with Crippen LogP contribution in [-0.2, 0) is 11.3 Å². The Morgan fingerprint density at radius 1 is 1.44 bits per heavy atom. The fraction of sp³-hybridized carbons (Fsp3) is 0.308. The summed E-state index contributed by atoms with van der Waals surface area (Å²) >= 11 is 0. The van der Waals surface area contributed by atoms with Gasteiger partial charge in [0.2, 0.25) is 5.91 Å². The van der Waals surface area contributed by atoms with E-state index < -0.39 is 0 Å². The first-order valence-electron chi connectivity index (χ1n) is 5.66. The molecule has 2 amide bonds. The predicted octanol–water partition coefficient (Wildman–Crippen LogP) is 1.02. The van der Waals surface area contributed by atoms with Crippen LogP contribution < -0.4 is 10.6 Å². The number of amides is 2. The number of hydrogen-bond donors (Lipinski definition) is 2. The van der Waals surface area contributed by atoms with Gasteiger partial charge in [0, 0.05) is 25.4 Å². The van der Waals surface area contributed by atoms with Crippen molar-refractivity contribution in [3.05, 3.63) is 41.2 Å². The normalized spacial score (nSPS) is 10.9. The Morgan fingerprint density at radius 3 is 2.78 bits per heavy atom. The zero-order valence-electron chi connectivity index (χ0n) is 10.8. The summed E-state index contributed by atoms with van der Waals surface area (Å²) in [5.74, 6) is -0.358. The second-order valence-corrected chi connectivity index (χ2v) is 3.78. The van der Waals surface area contributed by atoms with Crippen LogP contribution in [-0.4, -0.2) is 23.8 Å². The molecule has 0 atom stereocenters. The molecule has 0 saturated carbocycles. The summed E-state index contributed by atoms with van der Waals surface area (Å²) in [5.41, 5.74) is 1.84. The van der Waals surface area contributed by atoms with E-state index in [1.165, 1.54) is 0 Å². The number of carbonyl (C=O) groups excluding carboxylic acids is 2. The molecule has 0 aliphatic carbocycles. The minimum Gasteiger partial charge on any atom is -0.354 e. The van der Waals surface area contributed by atoms with Crippen LogP contribution in [0.15, 0.2) is 30.0 Å². The summed E-state index contributed by atoms with van der Waals surface area (Å²) in [5, 5.41) is 5.27. The van der Waals surface area contributed by atoms with Crippen LogP contribution in [0.1, 0.15) is 29.9 Å². The lowest BCUT2D eigenvalue weighted by molar-refractivity contribution is -0.117. The van der Waals surface area contributed by atoms with Crippen LogP contribution in [0, 0.1) is 0 Å². The van der Waals surface area contributed by atoms with Gasteiger partial charge in [0.25, 0.3) is 5.91 Å². The molecule has 96 valence electrons. The number of aromatic nitrogens is 1. The SMILES string of the molecule is C/C=C(\C)C(=O)NCc1ccnc(C(=O)NC)c1. The third-order valence-corrected chi connectivity index (χ3v) is 2.53. The number of carbonyl (C=O) groups is 2. The average molecular weight is 247 g/mol. The summed E-state index contributed by atoms with van der Waals surface area (Å²) in [6, 6.07) is 3.42. The maximum absolute atomic E-state index is 11.5. The fourth-order valence-corrected chi connectivity index (χ4v) is 1.29. The molecule has 0 aliphatic rings. The molecule has 0 spiro atoms. The largest absolute Gasteiger partial charge is 0.354 e. The van der Waals surface area contributed by atoms with E-state index in [1.807, 2.05) is 6.92 Å². The molecule has 1 aromatic rings. The molecule has 5 heteroatoms. The minimum atomic E-state index is -0.243. The third kappa shape index (κ3) is 3.69. The number of nitrogens with zero attached hydrogens (tertiary/aromatic N) is 1. The number of nitrogens with one attached hydrogen (secondary N) is 2. The number of hydrogen-bond acceptors (Lipinski definition) is 3. The van der Waals surface area contributed by atoms with Crippen molar-refractivity contribution in [2.24, 2.45) is 0 Å². The van der Waals surface area contributed by atoms with Gasteiger partial charge in [-0.25, -0.2) is 0 Å². The van der Waals surface area contributed by atoms with Crippen molar-refractivity contribution in [3.8, 4) is 0 Å². The van der Waals surface area contributed by atoms with Crippen molar-refractivity contribution in [2.45, 2.75) is 20.4 Å². The first kappa shape index (κ1) is 13.9. The van der Waals surface area contributed by atoms with Crippen molar-refractivity contribution < 1.29 is 9.59 Å². The predicted molar refractivity (Wildman–Crippen MR) is 68.9 cm³/mol. The zero-order chi connectivity index (χ0) is 13.5. The Kier molecular flexibility index (Phi) is 5.05. The Balaban J connectivity index is 2.69. The summed E-state index contributed by atoms with van der Waals surface area (Å²) < 4.78 is 0. The second-order valence-electron chi connectivity index (χ2n) is 3.78. The van der Waals surface area contributed by atoms with Gasteiger partial charge < -0.3 is 10.6 Å². The summed E-state index contributed by atoms with van der Waals surface area (Å²) in [6.45, 7) is 3.93. The topological polar surface area (TPSA) is 71.1 Å². The maximum atomic E-state index is 11.5. The highest BCUT2D eigenvalue weighted by Gasteiger charge is 2.06. The lowest BCUT2D eigenvalue weighted by Crippen LogP contribution is -2.24. The first-order valence-corrected chi connectivity index (χ1v) is 5.66. The lowest BCUT2D eigenvalue weighted by atomic mass is 10.2. The molecule has 0 aromatic carbocycles. The van der Waals surface area contributed by atoms with E-state index in [9.17, 15) is 9.59 Å². The molecule has 1 aromatic heterocycles. The van der Waals surface area contributed by atoms with Crippen molar-refractivity contribution in [1.82, 2.24) is 15.6 Å². The van der Waals surface area contributed by atoms with E-state index >= 15 is 0 Å². The van der Waals surface area contributed by atoms with Crippen LogP contribution >= 0.6 is 0 Å². The molecular weight excluding hydrogens is 230 g/mol. The fourth-order valence-electron chi connectivity index (χ4n) is 1.29. The average Bonchev–Trinajstić information content (AvgIpc) is 2.43. The molecule has 1 rings (SSSR count). The standard InChI is InChI=1S/C13H17N3O2/c1-4-9(2)12(17)16-8-10-5-6-15-11(7-10)13(18)14-3/h4-7H,8H2,1-3H3,(H,14,18)(H,16,17)/b9-4+. The molecular formula is C13H17N3O2. The minimum absolute atomic E-state index is 0.115. The van der Waals surface area contributed by atoms with Gasteiger partial charge in [0.05, 0.1) is 0 Å². The van der Waals surface area contributed by atoms with Gasteiger partial charge in [-0.1, -0.05) is 6.08 Å². The van der Waals surface area contributed by atoms with Crippen LogP contribution in [0.5, 0.6) is 0 Å². The number of pyridine rings is 1. The van der Waals surface area contributed by atoms with Crippen molar-refractivity contribution in [3.63, 3.8) is 0 Å². The molecule has 0 fully saturated rings. The zero-order valence-corrected chi connectivity index (χ0v) is 10.8. The summed E-state index contributed by atoms with van der Waals surface area (Å²) in [6.07, 6.45) is 3.30. The van der Waals surface area contributed by atoms with Crippen molar-refractivity contribution >= 4 is 11.8 Å². The highest BCUT2D eigenvalue weighted by molar-refractivity contribution is 5.93. The molecule has 0 bridgehead atoms. The Bertz CT molecular complexity index is 481. The molecule has 0 unspecified atom stereocenters. The highest BCUT2D eigenvalue weighted by Crippen LogP contribution is 2.02. The molecule has 0 aliphatic heterocycles. The van der Waals surface area contributed by atoms with Gasteiger partial charge in [0.15, 0.2) is 0 Å². The smallest absolute Gasteiger partial charge is 0.269 e.